The van der Waals surface area contributed by atoms with E-state index in [0.717, 1.165) is 22.0 Å². The third-order valence-corrected chi connectivity index (χ3v) is 6.36. The molecule has 0 spiro atoms. The Bertz CT molecular complexity index is 958. The van der Waals surface area contributed by atoms with Crippen molar-refractivity contribution in [3.8, 4) is 0 Å². The van der Waals surface area contributed by atoms with Gasteiger partial charge < -0.3 is 0 Å². The number of para-hydroxylation sites is 1. The number of nitrogens with zero attached hydrogens (tertiary/aromatic N) is 2. The maximum Gasteiger partial charge on any atom is 0.289 e. The van der Waals surface area contributed by atoms with Gasteiger partial charge in [-0.3, -0.25) is 19.2 Å². The molecule has 9 heteroatoms. The van der Waals surface area contributed by atoms with Crippen molar-refractivity contribution < 1.29 is 18.1 Å². The van der Waals surface area contributed by atoms with Gasteiger partial charge in [-0.15, -0.1) is 0 Å². The standard InChI is InChI=1S/C18H19ClN2O5S/c1-12(2)14-8-10-15(11-9-14)20(13(3)18(19)22)27(25,26)17-7-5-4-6-16(17)21(23)24/h4-13H,1-3H3. The number of halogens is 1. The zero-order valence-electron chi connectivity index (χ0n) is 15.0. The second kappa shape index (κ2) is 8.06. The third-order valence-electron chi connectivity index (χ3n) is 4.09. The van der Waals surface area contributed by atoms with Crippen molar-refractivity contribution in [3.05, 3.63) is 64.2 Å². The summed E-state index contributed by atoms with van der Waals surface area (Å²) in [5.41, 5.74) is 0.598. The van der Waals surface area contributed by atoms with Gasteiger partial charge in [-0.2, -0.15) is 0 Å². The Balaban J connectivity index is 2.67. The molecule has 1 atom stereocenters. The Hall–Kier alpha value is -2.45. The third kappa shape index (κ3) is 4.28. The molecule has 0 heterocycles. The average molecular weight is 411 g/mol. The highest BCUT2D eigenvalue weighted by Gasteiger charge is 2.36. The number of carbonyl (C=O) groups is 1. The van der Waals surface area contributed by atoms with Crippen LogP contribution in [0.5, 0.6) is 0 Å². The summed E-state index contributed by atoms with van der Waals surface area (Å²) in [4.78, 5) is 21.8. The number of rotatable bonds is 7. The number of sulfonamides is 1. The van der Waals surface area contributed by atoms with Gasteiger partial charge in [-0.05, 0) is 48.2 Å². The molecule has 0 radical (unpaired) electrons. The summed E-state index contributed by atoms with van der Waals surface area (Å²) in [6.07, 6.45) is 0. The van der Waals surface area contributed by atoms with E-state index in [0.29, 0.717) is 0 Å². The molecular weight excluding hydrogens is 392 g/mol. The maximum atomic E-state index is 13.2. The molecule has 7 nitrogen and oxygen atoms in total. The Kier molecular flexibility index (Phi) is 6.22. The quantitative estimate of drug-likeness (QED) is 0.389. The van der Waals surface area contributed by atoms with E-state index in [9.17, 15) is 23.3 Å². The molecule has 27 heavy (non-hydrogen) atoms. The molecule has 2 aromatic carbocycles. The molecule has 2 rings (SSSR count). The van der Waals surface area contributed by atoms with Crippen LogP contribution in [0.1, 0.15) is 32.3 Å². The summed E-state index contributed by atoms with van der Waals surface area (Å²) in [7, 11) is -4.42. The molecular formula is C18H19ClN2O5S. The first kappa shape index (κ1) is 20.9. The molecule has 144 valence electrons. The summed E-state index contributed by atoms with van der Waals surface area (Å²) in [5.74, 6) is 0.228. The van der Waals surface area contributed by atoms with Gasteiger partial charge in [-0.25, -0.2) is 8.42 Å². The van der Waals surface area contributed by atoms with Crippen LogP contribution in [0.25, 0.3) is 0 Å². The number of benzene rings is 2. The molecule has 0 saturated heterocycles. The Morgan fingerprint density at radius 1 is 1.07 bits per heavy atom. The number of nitro groups is 1. The van der Waals surface area contributed by atoms with Gasteiger partial charge in [0, 0.05) is 6.07 Å². The monoisotopic (exact) mass is 410 g/mol. The molecule has 0 aliphatic rings. The smallest absolute Gasteiger partial charge is 0.279 e. The zero-order valence-corrected chi connectivity index (χ0v) is 16.6. The number of nitro benzene ring substituents is 1. The zero-order chi connectivity index (χ0) is 20.4. The van der Waals surface area contributed by atoms with Crippen LogP contribution in [0.15, 0.2) is 53.4 Å². The first-order valence-electron chi connectivity index (χ1n) is 8.14. The van der Waals surface area contributed by atoms with Gasteiger partial charge in [0.15, 0.2) is 4.90 Å². The van der Waals surface area contributed by atoms with E-state index < -0.39 is 36.8 Å². The fourth-order valence-corrected chi connectivity index (χ4v) is 4.54. The molecule has 0 aliphatic carbocycles. The van der Waals surface area contributed by atoms with Crippen molar-refractivity contribution in [1.82, 2.24) is 0 Å². The first-order valence-corrected chi connectivity index (χ1v) is 9.96. The lowest BCUT2D eigenvalue weighted by molar-refractivity contribution is -0.387. The van der Waals surface area contributed by atoms with Crippen molar-refractivity contribution in [1.29, 1.82) is 0 Å². The minimum absolute atomic E-state index is 0.194. The fraction of sp³-hybridized carbons (Fsp3) is 0.278. The van der Waals surface area contributed by atoms with E-state index >= 15 is 0 Å². The molecule has 0 aliphatic heterocycles. The van der Waals surface area contributed by atoms with Gasteiger partial charge in [0.25, 0.3) is 15.7 Å². The van der Waals surface area contributed by atoms with E-state index in [1.807, 2.05) is 13.8 Å². The lowest BCUT2D eigenvalue weighted by atomic mass is 10.0. The van der Waals surface area contributed by atoms with Crippen molar-refractivity contribution in [2.24, 2.45) is 0 Å². The summed E-state index contributed by atoms with van der Waals surface area (Å²) in [5, 5.41) is 10.4. The summed E-state index contributed by atoms with van der Waals surface area (Å²) < 4.78 is 27.3. The van der Waals surface area contributed by atoms with E-state index in [-0.39, 0.29) is 11.6 Å². The highest BCUT2D eigenvalue weighted by atomic mass is 35.5. The van der Waals surface area contributed by atoms with E-state index in [4.69, 9.17) is 11.6 Å². The highest BCUT2D eigenvalue weighted by molar-refractivity contribution is 7.93. The summed E-state index contributed by atoms with van der Waals surface area (Å²) in [6, 6.07) is 10.3. The Morgan fingerprint density at radius 3 is 2.11 bits per heavy atom. The van der Waals surface area contributed by atoms with Crippen LogP contribution in [-0.4, -0.2) is 24.6 Å². The normalized spacial score (nSPS) is 12.6. The summed E-state index contributed by atoms with van der Waals surface area (Å²) in [6.45, 7) is 5.31. The van der Waals surface area contributed by atoms with Crippen LogP contribution in [0, 0.1) is 10.1 Å². The van der Waals surface area contributed by atoms with Crippen molar-refractivity contribution in [3.63, 3.8) is 0 Å². The van der Waals surface area contributed by atoms with Crippen LogP contribution in [0.4, 0.5) is 11.4 Å². The molecule has 2 aromatic rings. The van der Waals surface area contributed by atoms with E-state index in [2.05, 4.69) is 0 Å². The van der Waals surface area contributed by atoms with Gasteiger partial charge in [0.2, 0.25) is 5.24 Å². The minimum atomic E-state index is -4.42. The van der Waals surface area contributed by atoms with Crippen molar-refractivity contribution in [2.45, 2.75) is 37.6 Å². The second-order valence-corrected chi connectivity index (χ2v) is 8.41. The van der Waals surface area contributed by atoms with Crippen molar-refractivity contribution >= 4 is 38.2 Å². The maximum absolute atomic E-state index is 13.2. The Morgan fingerprint density at radius 2 is 1.63 bits per heavy atom. The molecule has 0 saturated carbocycles. The lowest BCUT2D eigenvalue weighted by Crippen LogP contribution is -2.42. The predicted molar refractivity (Wildman–Crippen MR) is 104 cm³/mol. The second-order valence-electron chi connectivity index (χ2n) is 6.25. The van der Waals surface area contributed by atoms with Crippen LogP contribution in [0.3, 0.4) is 0 Å². The molecule has 0 bridgehead atoms. The number of hydrogen-bond donors (Lipinski definition) is 0. The fourth-order valence-electron chi connectivity index (χ4n) is 2.60. The lowest BCUT2D eigenvalue weighted by Gasteiger charge is -2.28. The van der Waals surface area contributed by atoms with Gasteiger partial charge in [0.05, 0.1) is 10.6 Å². The number of hydrogen-bond acceptors (Lipinski definition) is 5. The number of anilines is 1. The molecule has 0 aromatic heterocycles. The van der Waals surface area contributed by atoms with Gasteiger partial charge in [0.1, 0.15) is 6.04 Å². The minimum Gasteiger partial charge on any atom is -0.279 e. The van der Waals surface area contributed by atoms with Crippen LogP contribution >= 0.6 is 11.6 Å². The van der Waals surface area contributed by atoms with Crippen molar-refractivity contribution in [2.75, 3.05) is 4.31 Å². The van der Waals surface area contributed by atoms with Gasteiger partial charge >= 0.3 is 0 Å². The predicted octanol–water partition coefficient (Wildman–Crippen LogP) is 4.07. The first-order chi connectivity index (χ1) is 12.6. The molecule has 0 N–H and O–H groups in total. The van der Waals surface area contributed by atoms with Gasteiger partial charge in [-0.1, -0.05) is 38.1 Å². The van der Waals surface area contributed by atoms with E-state index in [1.165, 1.54) is 19.1 Å². The highest BCUT2D eigenvalue weighted by Crippen LogP contribution is 2.32. The Labute approximate surface area is 162 Å². The van der Waals surface area contributed by atoms with Crippen LogP contribution in [0.2, 0.25) is 0 Å². The summed E-state index contributed by atoms with van der Waals surface area (Å²) >= 11 is 5.57. The molecule has 1 unspecified atom stereocenters. The van der Waals surface area contributed by atoms with Crippen LogP contribution in [-0.2, 0) is 14.8 Å². The van der Waals surface area contributed by atoms with E-state index in [1.54, 1.807) is 24.3 Å². The van der Waals surface area contributed by atoms with Crippen LogP contribution < -0.4 is 4.31 Å². The average Bonchev–Trinajstić information content (AvgIpc) is 2.61. The molecule has 0 amide bonds. The topological polar surface area (TPSA) is 97.6 Å². The molecule has 0 fully saturated rings. The number of carbonyl (C=O) groups excluding carboxylic acids is 1. The SMILES string of the molecule is CC(C)c1ccc(N(C(C)C(=O)Cl)S(=O)(=O)c2ccccc2[N+](=O)[O-])cc1. The largest absolute Gasteiger partial charge is 0.289 e.